The van der Waals surface area contributed by atoms with Crippen LogP contribution in [-0.4, -0.2) is 32.3 Å². The number of hydrogen-bond acceptors (Lipinski definition) is 2. The van der Waals surface area contributed by atoms with Gasteiger partial charge in [0.2, 0.25) is 0 Å². The van der Waals surface area contributed by atoms with Crippen LogP contribution < -0.4 is 0 Å². The van der Waals surface area contributed by atoms with Crippen molar-refractivity contribution >= 4 is 15.9 Å². The second-order valence-corrected chi connectivity index (χ2v) is 4.57. The fourth-order valence-electron chi connectivity index (χ4n) is 0.823. The van der Waals surface area contributed by atoms with E-state index < -0.39 is 0 Å². The first-order valence-corrected chi connectivity index (χ1v) is 5.87. The SMILES string of the molecule is COCCCOCCC(C)(C)CBr. The summed E-state index contributed by atoms with van der Waals surface area (Å²) in [6, 6.07) is 0. The zero-order valence-corrected chi connectivity index (χ0v) is 10.5. The van der Waals surface area contributed by atoms with E-state index in [1.807, 2.05) is 0 Å². The highest BCUT2D eigenvalue weighted by Gasteiger charge is 2.14. The summed E-state index contributed by atoms with van der Waals surface area (Å²) in [5.74, 6) is 0. The number of methoxy groups -OCH3 is 1. The topological polar surface area (TPSA) is 18.5 Å². The third kappa shape index (κ3) is 8.72. The molecule has 0 atom stereocenters. The van der Waals surface area contributed by atoms with Gasteiger partial charge in [-0.25, -0.2) is 0 Å². The van der Waals surface area contributed by atoms with E-state index in [-0.39, 0.29) is 0 Å². The van der Waals surface area contributed by atoms with Crippen LogP contribution in [0, 0.1) is 5.41 Å². The van der Waals surface area contributed by atoms with Gasteiger partial charge in [-0.05, 0) is 18.3 Å². The number of alkyl halides is 1. The molecule has 0 aromatic heterocycles. The summed E-state index contributed by atoms with van der Waals surface area (Å²) < 4.78 is 10.4. The van der Waals surface area contributed by atoms with E-state index in [9.17, 15) is 0 Å². The van der Waals surface area contributed by atoms with Crippen molar-refractivity contribution in [1.82, 2.24) is 0 Å². The fraction of sp³-hybridized carbons (Fsp3) is 1.00. The lowest BCUT2D eigenvalue weighted by Gasteiger charge is -2.20. The Bertz CT molecular complexity index is 115. The van der Waals surface area contributed by atoms with Crippen molar-refractivity contribution in [2.24, 2.45) is 5.41 Å². The molecule has 0 aliphatic rings. The molecule has 13 heavy (non-hydrogen) atoms. The molecule has 0 heterocycles. The third-order valence-electron chi connectivity index (χ3n) is 1.92. The van der Waals surface area contributed by atoms with Crippen LogP contribution in [0.2, 0.25) is 0 Å². The summed E-state index contributed by atoms with van der Waals surface area (Å²) in [6.07, 6.45) is 2.09. The molecule has 0 aliphatic heterocycles. The Morgan fingerprint density at radius 1 is 1.15 bits per heavy atom. The molecular weight excluding hydrogens is 232 g/mol. The zero-order valence-electron chi connectivity index (χ0n) is 8.94. The Morgan fingerprint density at radius 2 is 1.85 bits per heavy atom. The summed E-state index contributed by atoms with van der Waals surface area (Å²) >= 11 is 3.49. The molecule has 0 saturated carbocycles. The molecule has 0 aromatic carbocycles. The van der Waals surface area contributed by atoms with Crippen LogP contribution in [0.15, 0.2) is 0 Å². The highest BCUT2D eigenvalue weighted by Crippen LogP contribution is 2.22. The molecule has 0 aromatic rings. The summed E-state index contributed by atoms with van der Waals surface area (Å²) in [5, 5.41) is 1.03. The molecule has 3 heteroatoms. The Kier molecular flexibility index (Phi) is 8.01. The van der Waals surface area contributed by atoms with Crippen molar-refractivity contribution in [3.05, 3.63) is 0 Å². The van der Waals surface area contributed by atoms with Crippen molar-refractivity contribution in [3.63, 3.8) is 0 Å². The highest BCUT2D eigenvalue weighted by molar-refractivity contribution is 9.09. The molecule has 0 amide bonds. The molecule has 0 fully saturated rings. The Labute approximate surface area is 90.1 Å². The standard InChI is InChI=1S/C10H21BrO2/c1-10(2,9-11)5-8-13-7-4-6-12-3/h4-9H2,1-3H3. The van der Waals surface area contributed by atoms with Gasteiger partial charge < -0.3 is 9.47 Å². The molecule has 0 unspecified atom stereocenters. The minimum absolute atomic E-state index is 0.348. The Hall–Kier alpha value is 0.400. The van der Waals surface area contributed by atoms with Crippen LogP contribution in [0.4, 0.5) is 0 Å². The average Bonchev–Trinajstić information content (AvgIpc) is 2.11. The first-order valence-electron chi connectivity index (χ1n) is 4.75. The lowest BCUT2D eigenvalue weighted by molar-refractivity contribution is 0.0869. The first kappa shape index (κ1) is 13.4. The lowest BCUT2D eigenvalue weighted by atomic mass is 9.93. The second kappa shape index (κ2) is 7.77. The van der Waals surface area contributed by atoms with Gasteiger partial charge in [-0.15, -0.1) is 0 Å². The highest BCUT2D eigenvalue weighted by atomic mass is 79.9. The number of ether oxygens (including phenoxy) is 2. The summed E-state index contributed by atoms with van der Waals surface area (Å²) in [4.78, 5) is 0. The summed E-state index contributed by atoms with van der Waals surface area (Å²) in [5.41, 5.74) is 0.348. The maximum absolute atomic E-state index is 5.47. The van der Waals surface area contributed by atoms with E-state index in [1.165, 1.54) is 0 Å². The van der Waals surface area contributed by atoms with E-state index in [0.29, 0.717) is 5.41 Å². The van der Waals surface area contributed by atoms with Gasteiger partial charge in [0.05, 0.1) is 0 Å². The fourth-order valence-corrected chi connectivity index (χ4v) is 1.10. The molecule has 0 saturated heterocycles. The minimum Gasteiger partial charge on any atom is -0.385 e. The van der Waals surface area contributed by atoms with Crippen molar-refractivity contribution in [2.75, 3.05) is 32.3 Å². The number of rotatable bonds is 8. The number of halogens is 1. The molecule has 0 N–H and O–H groups in total. The first-order chi connectivity index (χ1) is 6.12. The number of hydrogen-bond donors (Lipinski definition) is 0. The van der Waals surface area contributed by atoms with Crippen LogP contribution >= 0.6 is 15.9 Å². The lowest BCUT2D eigenvalue weighted by Crippen LogP contribution is -2.16. The van der Waals surface area contributed by atoms with Crippen molar-refractivity contribution in [2.45, 2.75) is 26.7 Å². The normalized spacial score (nSPS) is 12.0. The van der Waals surface area contributed by atoms with Crippen molar-refractivity contribution < 1.29 is 9.47 Å². The van der Waals surface area contributed by atoms with Crippen LogP contribution in [0.5, 0.6) is 0 Å². The van der Waals surface area contributed by atoms with E-state index in [0.717, 1.165) is 38.0 Å². The van der Waals surface area contributed by atoms with Crippen LogP contribution in [0.3, 0.4) is 0 Å². The third-order valence-corrected chi connectivity index (χ3v) is 3.44. The Balaban J connectivity index is 3.16. The zero-order chi connectivity index (χ0) is 10.2. The predicted octanol–water partition coefficient (Wildman–Crippen LogP) is 2.85. The van der Waals surface area contributed by atoms with E-state index in [1.54, 1.807) is 7.11 Å². The van der Waals surface area contributed by atoms with Crippen LogP contribution in [0.1, 0.15) is 26.7 Å². The van der Waals surface area contributed by atoms with Gasteiger partial charge in [0.15, 0.2) is 0 Å². The largest absolute Gasteiger partial charge is 0.385 e. The van der Waals surface area contributed by atoms with Crippen LogP contribution in [-0.2, 0) is 9.47 Å². The maximum Gasteiger partial charge on any atom is 0.0487 e. The van der Waals surface area contributed by atoms with Gasteiger partial charge in [-0.2, -0.15) is 0 Å². The van der Waals surface area contributed by atoms with Gasteiger partial charge in [-0.1, -0.05) is 29.8 Å². The predicted molar refractivity (Wildman–Crippen MR) is 59.5 cm³/mol. The molecule has 0 spiro atoms. The van der Waals surface area contributed by atoms with Gasteiger partial charge in [0, 0.05) is 32.3 Å². The van der Waals surface area contributed by atoms with E-state index in [2.05, 4.69) is 29.8 Å². The minimum atomic E-state index is 0.348. The molecule has 0 radical (unpaired) electrons. The van der Waals surface area contributed by atoms with Gasteiger partial charge in [0.25, 0.3) is 0 Å². The molecule has 80 valence electrons. The average molecular weight is 253 g/mol. The van der Waals surface area contributed by atoms with Crippen molar-refractivity contribution in [1.29, 1.82) is 0 Å². The van der Waals surface area contributed by atoms with E-state index >= 15 is 0 Å². The van der Waals surface area contributed by atoms with Crippen LogP contribution in [0.25, 0.3) is 0 Å². The monoisotopic (exact) mass is 252 g/mol. The van der Waals surface area contributed by atoms with Gasteiger partial charge in [-0.3, -0.25) is 0 Å². The summed E-state index contributed by atoms with van der Waals surface area (Å²) in [7, 11) is 1.72. The maximum atomic E-state index is 5.47. The molecule has 2 nitrogen and oxygen atoms in total. The summed E-state index contributed by atoms with van der Waals surface area (Å²) in [6.45, 7) is 6.93. The smallest absolute Gasteiger partial charge is 0.0487 e. The molecule has 0 rings (SSSR count). The van der Waals surface area contributed by atoms with Crippen molar-refractivity contribution in [3.8, 4) is 0 Å². The van der Waals surface area contributed by atoms with E-state index in [4.69, 9.17) is 9.47 Å². The second-order valence-electron chi connectivity index (χ2n) is 4.01. The molecule has 0 bridgehead atoms. The van der Waals surface area contributed by atoms with Gasteiger partial charge in [0.1, 0.15) is 0 Å². The quantitative estimate of drug-likeness (QED) is 0.489. The molecular formula is C10H21BrO2. The Morgan fingerprint density at radius 3 is 2.38 bits per heavy atom. The van der Waals surface area contributed by atoms with Gasteiger partial charge >= 0.3 is 0 Å². The molecule has 0 aliphatic carbocycles.